The molecule has 0 saturated heterocycles. The second-order valence-electron chi connectivity index (χ2n) is 9.17. The molecule has 0 aromatic rings. The lowest BCUT2D eigenvalue weighted by molar-refractivity contribution is -0.137. The Balaban J connectivity index is 3.79. The molecule has 3 amide bonds. The smallest absolute Gasteiger partial charge is 0.303 e. The van der Waals surface area contributed by atoms with Gasteiger partial charge in [0.1, 0.15) is 0 Å². The molecular formula is C25H49N5O6. The monoisotopic (exact) mass is 515 g/mol. The molecule has 8 N–H and O–H groups in total. The summed E-state index contributed by atoms with van der Waals surface area (Å²) in [4.78, 5) is 46.3. The summed E-state index contributed by atoms with van der Waals surface area (Å²) in [6.45, 7) is 3.45. The summed E-state index contributed by atoms with van der Waals surface area (Å²) in [6.07, 6.45) is 11.1. The van der Waals surface area contributed by atoms with Crippen LogP contribution in [-0.2, 0) is 19.2 Å². The van der Waals surface area contributed by atoms with E-state index >= 15 is 0 Å². The Morgan fingerprint density at radius 2 is 1.44 bits per heavy atom. The fourth-order valence-electron chi connectivity index (χ4n) is 3.55. The Labute approximate surface area is 215 Å². The maximum absolute atomic E-state index is 12.1. The van der Waals surface area contributed by atoms with Gasteiger partial charge in [0, 0.05) is 19.4 Å². The number of nitrogens with two attached hydrogens (primary N) is 1. The molecule has 0 bridgehead atoms. The van der Waals surface area contributed by atoms with Crippen LogP contribution in [0.3, 0.4) is 0 Å². The zero-order valence-corrected chi connectivity index (χ0v) is 22.0. The summed E-state index contributed by atoms with van der Waals surface area (Å²) in [5, 5.41) is 29.0. The first-order valence-corrected chi connectivity index (χ1v) is 13.4. The molecule has 0 aliphatic carbocycles. The van der Waals surface area contributed by atoms with Crippen molar-refractivity contribution in [2.45, 2.75) is 102 Å². The van der Waals surface area contributed by atoms with Gasteiger partial charge < -0.3 is 37.2 Å². The minimum atomic E-state index is -0.969. The van der Waals surface area contributed by atoms with Gasteiger partial charge in [-0.3, -0.25) is 19.2 Å². The molecule has 11 nitrogen and oxygen atoms in total. The van der Waals surface area contributed by atoms with Crippen molar-refractivity contribution in [1.29, 1.82) is 0 Å². The molecule has 210 valence electrons. The summed E-state index contributed by atoms with van der Waals surface area (Å²) in [5.74, 6) is -2.10. The number of aliphatic hydroxyl groups excluding tert-OH is 1. The molecule has 0 aliphatic rings. The highest BCUT2D eigenvalue weighted by Gasteiger charge is 2.15. The number of hydrogen-bond acceptors (Lipinski definition) is 7. The molecule has 0 aromatic carbocycles. The van der Waals surface area contributed by atoms with Crippen LogP contribution in [0.2, 0.25) is 0 Å². The Morgan fingerprint density at radius 1 is 0.778 bits per heavy atom. The molecule has 0 saturated carbocycles. The largest absolute Gasteiger partial charge is 0.481 e. The van der Waals surface area contributed by atoms with E-state index in [0.717, 1.165) is 13.0 Å². The van der Waals surface area contributed by atoms with E-state index in [0.29, 0.717) is 19.4 Å². The number of carboxylic acid groups (broad SMARTS) is 1. The van der Waals surface area contributed by atoms with Crippen molar-refractivity contribution in [3.8, 4) is 0 Å². The Hall–Kier alpha value is -2.24. The third-order valence-corrected chi connectivity index (χ3v) is 5.79. The van der Waals surface area contributed by atoms with Crippen LogP contribution in [0.15, 0.2) is 0 Å². The molecule has 36 heavy (non-hydrogen) atoms. The highest BCUT2D eigenvalue weighted by molar-refractivity contribution is 5.87. The lowest BCUT2D eigenvalue weighted by Gasteiger charge is -2.17. The molecule has 0 rings (SSSR count). The maximum Gasteiger partial charge on any atom is 0.303 e. The molecule has 0 heterocycles. The van der Waals surface area contributed by atoms with Crippen molar-refractivity contribution in [3.63, 3.8) is 0 Å². The fraction of sp³-hybridized carbons (Fsp3) is 0.840. The molecule has 0 radical (unpaired) electrons. The van der Waals surface area contributed by atoms with Crippen LogP contribution in [0, 0.1) is 0 Å². The van der Waals surface area contributed by atoms with Gasteiger partial charge in [0.2, 0.25) is 17.7 Å². The number of carbonyl (C=O) groups excluding carboxylic acids is 3. The van der Waals surface area contributed by atoms with E-state index < -0.39 is 24.0 Å². The second-order valence-corrected chi connectivity index (χ2v) is 9.17. The SMILES string of the molecule is CCCCCCCCCCNCCC(N)C(=O)NCC(=O)NCC[C@H](CO)NC(=O)CCCC(=O)O. The topological polar surface area (TPSA) is 183 Å². The standard InChI is InChI=1S/C25H49N5O6/c1-2-3-4-5-6-7-8-9-15-27-16-14-21(26)25(36)29-18-23(33)28-17-13-20(19-31)30-22(32)11-10-12-24(34)35/h20-21,27,31H,2-19,26H2,1H3,(H,28,33)(H,29,36)(H,30,32)(H,34,35)/t20-,21?/m1/s1. The molecule has 0 spiro atoms. The predicted molar refractivity (Wildman–Crippen MR) is 139 cm³/mol. The van der Waals surface area contributed by atoms with Crippen molar-refractivity contribution in [2.75, 3.05) is 32.8 Å². The van der Waals surface area contributed by atoms with Crippen LogP contribution < -0.4 is 27.0 Å². The van der Waals surface area contributed by atoms with Crippen molar-refractivity contribution in [2.24, 2.45) is 5.73 Å². The average Bonchev–Trinajstić information content (AvgIpc) is 2.84. The first kappa shape index (κ1) is 33.8. The van der Waals surface area contributed by atoms with Crippen molar-refractivity contribution < 1.29 is 29.4 Å². The zero-order chi connectivity index (χ0) is 27.0. The van der Waals surface area contributed by atoms with E-state index in [9.17, 15) is 24.3 Å². The number of carboxylic acids is 1. The van der Waals surface area contributed by atoms with Crippen molar-refractivity contribution >= 4 is 23.7 Å². The van der Waals surface area contributed by atoms with Crippen molar-refractivity contribution in [3.05, 3.63) is 0 Å². The minimum Gasteiger partial charge on any atom is -0.481 e. The normalized spacial score (nSPS) is 12.5. The summed E-state index contributed by atoms with van der Waals surface area (Å²) >= 11 is 0. The molecular weight excluding hydrogens is 466 g/mol. The Bertz CT molecular complexity index is 620. The highest BCUT2D eigenvalue weighted by atomic mass is 16.4. The van der Waals surface area contributed by atoms with Crippen LogP contribution >= 0.6 is 0 Å². The number of hydrogen-bond donors (Lipinski definition) is 7. The van der Waals surface area contributed by atoms with Gasteiger partial charge >= 0.3 is 5.97 Å². The summed E-state index contributed by atoms with van der Waals surface area (Å²) in [7, 11) is 0. The molecule has 2 atom stereocenters. The highest BCUT2D eigenvalue weighted by Crippen LogP contribution is 2.07. The number of amides is 3. The van der Waals surface area contributed by atoms with E-state index in [2.05, 4.69) is 28.2 Å². The maximum atomic E-state index is 12.1. The molecule has 11 heteroatoms. The number of aliphatic hydroxyl groups is 1. The minimum absolute atomic E-state index is 0.0517. The quantitative estimate of drug-likeness (QED) is 0.0920. The van der Waals surface area contributed by atoms with Crippen LogP contribution in [-0.4, -0.2) is 78.8 Å². The second kappa shape index (κ2) is 23.2. The van der Waals surface area contributed by atoms with E-state index in [-0.39, 0.29) is 50.8 Å². The third-order valence-electron chi connectivity index (χ3n) is 5.79. The number of nitrogens with one attached hydrogen (secondary N) is 4. The van der Waals surface area contributed by atoms with E-state index in [1.54, 1.807) is 0 Å². The molecule has 0 aliphatic heterocycles. The van der Waals surface area contributed by atoms with Gasteiger partial charge in [0.25, 0.3) is 0 Å². The van der Waals surface area contributed by atoms with Crippen LogP contribution in [0.25, 0.3) is 0 Å². The average molecular weight is 516 g/mol. The summed E-state index contributed by atoms with van der Waals surface area (Å²) in [6, 6.07) is -1.25. The Morgan fingerprint density at radius 3 is 2.08 bits per heavy atom. The van der Waals surface area contributed by atoms with Crippen LogP contribution in [0.5, 0.6) is 0 Å². The van der Waals surface area contributed by atoms with Gasteiger partial charge in [-0.25, -0.2) is 0 Å². The predicted octanol–water partition coefficient (Wildman–Crippen LogP) is 0.789. The first-order valence-electron chi connectivity index (χ1n) is 13.4. The number of rotatable bonds is 24. The number of unbranched alkanes of at least 4 members (excludes halogenated alkanes) is 7. The lowest BCUT2D eigenvalue weighted by atomic mass is 10.1. The van der Waals surface area contributed by atoms with Gasteiger partial charge in [0.15, 0.2) is 0 Å². The Kier molecular flexibility index (Phi) is 21.7. The van der Waals surface area contributed by atoms with E-state index in [1.807, 2.05) is 0 Å². The fourth-order valence-corrected chi connectivity index (χ4v) is 3.55. The lowest BCUT2D eigenvalue weighted by Crippen LogP contribution is -2.46. The summed E-state index contributed by atoms with van der Waals surface area (Å²) < 4.78 is 0. The number of carbonyl (C=O) groups is 4. The van der Waals surface area contributed by atoms with Gasteiger partial charge in [-0.15, -0.1) is 0 Å². The molecule has 0 fully saturated rings. The molecule has 0 aromatic heterocycles. The zero-order valence-electron chi connectivity index (χ0n) is 22.0. The van der Waals surface area contributed by atoms with Gasteiger partial charge in [-0.2, -0.15) is 0 Å². The molecule has 1 unspecified atom stereocenters. The van der Waals surface area contributed by atoms with Gasteiger partial charge in [-0.05, 0) is 38.8 Å². The van der Waals surface area contributed by atoms with Gasteiger partial charge in [-0.1, -0.05) is 51.9 Å². The first-order chi connectivity index (χ1) is 17.3. The van der Waals surface area contributed by atoms with Gasteiger partial charge in [0.05, 0.1) is 25.2 Å². The van der Waals surface area contributed by atoms with Crippen LogP contribution in [0.1, 0.15) is 90.4 Å². The van der Waals surface area contributed by atoms with Crippen LogP contribution in [0.4, 0.5) is 0 Å². The number of aliphatic carboxylic acids is 1. The van der Waals surface area contributed by atoms with E-state index in [4.69, 9.17) is 10.8 Å². The van der Waals surface area contributed by atoms with E-state index in [1.165, 1.54) is 44.9 Å². The third kappa shape index (κ3) is 21.1. The summed E-state index contributed by atoms with van der Waals surface area (Å²) in [5.41, 5.74) is 5.89. The van der Waals surface area contributed by atoms with Crippen molar-refractivity contribution in [1.82, 2.24) is 21.3 Å².